The van der Waals surface area contributed by atoms with Gasteiger partial charge >= 0.3 is 0 Å². The number of anilines is 2. The van der Waals surface area contributed by atoms with Crippen LogP contribution in [0.15, 0.2) is 60.7 Å². The molecule has 0 atom stereocenters. The standard InChI is InChI=1S/C28H30N2O6/c1-19-6-4-7-20(2)28(19)36-17-26(31)29-21-8-13-25-24(16-21)30(27(32)18-35-25)14-5-15-34-23-11-9-22(33-3)10-12-23/h4,6-13,16H,5,14-15,17-18H2,1-3H3,(H,29,31). The Balaban J connectivity index is 1.34. The van der Waals surface area contributed by atoms with Crippen molar-refractivity contribution in [3.8, 4) is 23.0 Å². The molecule has 0 unspecified atom stereocenters. The molecule has 4 rings (SSSR count). The van der Waals surface area contributed by atoms with Crippen molar-refractivity contribution in [2.75, 3.05) is 43.7 Å². The van der Waals surface area contributed by atoms with Crippen LogP contribution in [0.2, 0.25) is 0 Å². The van der Waals surface area contributed by atoms with Gasteiger partial charge in [0.2, 0.25) is 0 Å². The molecule has 0 aromatic heterocycles. The highest BCUT2D eigenvalue weighted by atomic mass is 16.5. The molecule has 2 amide bonds. The summed E-state index contributed by atoms with van der Waals surface area (Å²) < 4.78 is 22.3. The Bertz CT molecular complexity index is 1200. The van der Waals surface area contributed by atoms with Gasteiger partial charge in [0.1, 0.15) is 23.0 Å². The zero-order valence-electron chi connectivity index (χ0n) is 20.7. The quantitative estimate of drug-likeness (QED) is 0.421. The Morgan fingerprint density at radius 3 is 2.44 bits per heavy atom. The largest absolute Gasteiger partial charge is 0.497 e. The molecule has 0 spiro atoms. The second kappa shape index (κ2) is 11.5. The fourth-order valence-electron chi connectivity index (χ4n) is 3.97. The van der Waals surface area contributed by atoms with E-state index in [-0.39, 0.29) is 25.0 Å². The van der Waals surface area contributed by atoms with Crippen molar-refractivity contribution in [2.45, 2.75) is 20.3 Å². The molecule has 1 N–H and O–H groups in total. The van der Waals surface area contributed by atoms with E-state index >= 15 is 0 Å². The summed E-state index contributed by atoms with van der Waals surface area (Å²) in [5.41, 5.74) is 3.11. The van der Waals surface area contributed by atoms with Gasteiger partial charge in [-0.1, -0.05) is 18.2 Å². The minimum absolute atomic E-state index is 0.0261. The zero-order chi connectivity index (χ0) is 25.5. The summed E-state index contributed by atoms with van der Waals surface area (Å²) in [7, 11) is 1.62. The molecule has 0 aliphatic carbocycles. The lowest BCUT2D eigenvalue weighted by Gasteiger charge is -2.30. The summed E-state index contributed by atoms with van der Waals surface area (Å²) in [6, 6.07) is 18.4. The van der Waals surface area contributed by atoms with Crippen LogP contribution in [0.3, 0.4) is 0 Å². The molecule has 1 aliphatic rings. The first-order valence-corrected chi connectivity index (χ1v) is 11.8. The monoisotopic (exact) mass is 490 g/mol. The van der Waals surface area contributed by atoms with Crippen LogP contribution in [0.1, 0.15) is 17.5 Å². The molecule has 8 nitrogen and oxygen atoms in total. The second-order valence-corrected chi connectivity index (χ2v) is 8.45. The number of carbonyl (C=O) groups is 2. The molecule has 1 aliphatic heterocycles. The van der Waals surface area contributed by atoms with E-state index in [9.17, 15) is 9.59 Å². The van der Waals surface area contributed by atoms with Crippen LogP contribution in [-0.2, 0) is 9.59 Å². The smallest absolute Gasteiger partial charge is 0.265 e. The van der Waals surface area contributed by atoms with E-state index in [1.54, 1.807) is 30.2 Å². The highest BCUT2D eigenvalue weighted by Crippen LogP contribution is 2.35. The van der Waals surface area contributed by atoms with E-state index in [0.29, 0.717) is 42.4 Å². The van der Waals surface area contributed by atoms with Gasteiger partial charge in [-0.15, -0.1) is 0 Å². The number of benzene rings is 3. The fourth-order valence-corrected chi connectivity index (χ4v) is 3.97. The number of carbonyl (C=O) groups excluding carboxylic acids is 2. The average molecular weight is 491 g/mol. The van der Waals surface area contributed by atoms with Crippen LogP contribution < -0.4 is 29.2 Å². The molecule has 0 saturated heterocycles. The predicted molar refractivity (Wildman–Crippen MR) is 137 cm³/mol. The highest BCUT2D eigenvalue weighted by Gasteiger charge is 2.25. The van der Waals surface area contributed by atoms with Crippen LogP contribution >= 0.6 is 0 Å². The number of ether oxygens (including phenoxy) is 4. The van der Waals surface area contributed by atoms with Crippen LogP contribution in [0, 0.1) is 13.8 Å². The van der Waals surface area contributed by atoms with Gasteiger partial charge in [0.15, 0.2) is 13.2 Å². The van der Waals surface area contributed by atoms with Crippen LogP contribution in [0.4, 0.5) is 11.4 Å². The van der Waals surface area contributed by atoms with Gasteiger partial charge < -0.3 is 29.2 Å². The minimum atomic E-state index is -0.292. The Morgan fingerprint density at radius 1 is 1.00 bits per heavy atom. The Kier molecular flexibility index (Phi) is 7.95. The van der Waals surface area contributed by atoms with Crippen molar-refractivity contribution in [1.82, 2.24) is 0 Å². The number of hydrogen-bond donors (Lipinski definition) is 1. The number of nitrogens with one attached hydrogen (secondary N) is 1. The molecule has 3 aromatic carbocycles. The maximum atomic E-state index is 12.6. The van der Waals surface area contributed by atoms with Crippen LogP contribution in [0.5, 0.6) is 23.0 Å². The third-order valence-electron chi connectivity index (χ3n) is 5.80. The molecule has 3 aromatic rings. The number of methoxy groups -OCH3 is 1. The summed E-state index contributed by atoms with van der Waals surface area (Å²) in [6.07, 6.45) is 0.622. The van der Waals surface area contributed by atoms with Crippen molar-refractivity contribution in [3.63, 3.8) is 0 Å². The predicted octanol–water partition coefficient (Wildman–Crippen LogP) is 4.52. The first-order valence-electron chi connectivity index (χ1n) is 11.8. The van der Waals surface area contributed by atoms with Crippen molar-refractivity contribution < 1.29 is 28.5 Å². The molecule has 36 heavy (non-hydrogen) atoms. The van der Waals surface area contributed by atoms with Crippen molar-refractivity contribution >= 4 is 23.2 Å². The average Bonchev–Trinajstić information content (AvgIpc) is 2.87. The molecule has 0 radical (unpaired) electrons. The lowest BCUT2D eigenvalue weighted by molar-refractivity contribution is -0.121. The van der Waals surface area contributed by atoms with Gasteiger partial charge in [-0.05, 0) is 73.9 Å². The van der Waals surface area contributed by atoms with Crippen molar-refractivity contribution in [3.05, 3.63) is 71.8 Å². The fraction of sp³-hybridized carbons (Fsp3) is 0.286. The van der Waals surface area contributed by atoms with E-state index in [2.05, 4.69) is 5.32 Å². The molecular formula is C28H30N2O6. The van der Waals surface area contributed by atoms with Gasteiger partial charge in [-0.2, -0.15) is 0 Å². The normalized spacial score (nSPS) is 12.4. The van der Waals surface area contributed by atoms with E-state index in [1.165, 1.54) is 0 Å². The zero-order valence-corrected chi connectivity index (χ0v) is 20.7. The van der Waals surface area contributed by atoms with Gasteiger partial charge in [0.05, 0.1) is 19.4 Å². The maximum absolute atomic E-state index is 12.6. The van der Waals surface area contributed by atoms with Gasteiger partial charge in [-0.3, -0.25) is 9.59 Å². The molecule has 1 heterocycles. The summed E-state index contributed by atoms with van der Waals surface area (Å²) >= 11 is 0. The Morgan fingerprint density at radius 2 is 1.72 bits per heavy atom. The summed E-state index contributed by atoms with van der Waals surface area (Å²) in [5, 5.41) is 2.84. The third-order valence-corrected chi connectivity index (χ3v) is 5.80. The Labute approximate surface area is 210 Å². The number of hydrogen-bond acceptors (Lipinski definition) is 6. The maximum Gasteiger partial charge on any atom is 0.265 e. The second-order valence-electron chi connectivity index (χ2n) is 8.45. The Hall–Kier alpha value is -4.20. The molecule has 8 heteroatoms. The van der Waals surface area contributed by atoms with Gasteiger partial charge in [0.25, 0.3) is 11.8 Å². The van der Waals surface area contributed by atoms with Gasteiger partial charge in [0, 0.05) is 12.2 Å². The number of rotatable bonds is 10. The minimum Gasteiger partial charge on any atom is -0.497 e. The van der Waals surface area contributed by atoms with E-state index < -0.39 is 0 Å². The lowest BCUT2D eigenvalue weighted by Crippen LogP contribution is -2.39. The number of nitrogens with zero attached hydrogens (tertiary/aromatic N) is 1. The first kappa shape index (κ1) is 24.9. The lowest BCUT2D eigenvalue weighted by atomic mass is 10.1. The molecule has 0 saturated carbocycles. The summed E-state index contributed by atoms with van der Waals surface area (Å²) in [5.74, 6) is 2.36. The SMILES string of the molecule is COc1ccc(OCCCN2C(=O)COc3ccc(NC(=O)COc4c(C)cccc4C)cc32)cc1. The molecular weight excluding hydrogens is 460 g/mol. The van der Waals surface area contributed by atoms with E-state index in [0.717, 1.165) is 22.6 Å². The molecule has 0 fully saturated rings. The van der Waals surface area contributed by atoms with Gasteiger partial charge in [-0.25, -0.2) is 0 Å². The molecule has 0 bridgehead atoms. The first-order chi connectivity index (χ1) is 17.4. The highest BCUT2D eigenvalue weighted by molar-refractivity contribution is 5.99. The molecule has 188 valence electrons. The number of fused-ring (bicyclic) bond motifs is 1. The third kappa shape index (κ3) is 6.07. The van der Waals surface area contributed by atoms with Crippen LogP contribution in [-0.4, -0.2) is 45.3 Å². The summed E-state index contributed by atoms with van der Waals surface area (Å²) in [4.78, 5) is 26.8. The van der Waals surface area contributed by atoms with Crippen molar-refractivity contribution in [1.29, 1.82) is 0 Å². The van der Waals surface area contributed by atoms with Crippen LogP contribution in [0.25, 0.3) is 0 Å². The summed E-state index contributed by atoms with van der Waals surface area (Å²) in [6.45, 7) is 4.64. The topological polar surface area (TPSA) is 86.3 Å². The number of amides is 2. The van der Waals surface area contributed by atoms with E-state index in [1.807, 2.05) is 56.3 Å². The van der Waals surface area contributed by atoms with E-state index in [4.69, 9.17) is 18.9 Å². The number of aryl methyl sites for hydroxylation is 2. The number of para-hydroxylation sites is 1. The van der Waals surface area contributed by atoms with Crippen molar-refractivity contribution in [2.24, 2.45) is 0 Å².